The van der Waals surface area contributed by atoms with E-state index in [1.54, 1.807) is 19.1 Å². The summed E-state index contributed by atoms with van der Waals surface area (Å²) in [5, 5.41) is 0. The number of morpholine rings is 1. The van der Waals surface area contributed by atoms with E-state index in [2.05, 4.69) is 9.62 Å². The molecule has 20 heavy (non-hydrogen) atoms. The van der Waals surface area contributed by atoms with Crippen LogP contribution in [-0.2, 0) is 14.8 Å². The fourth-order valence-corrected chi connectivity index (χ4v) is 3.25. The Hall–Kier alpha value is -1.15. The van der Waals surface area contributed by atoms with Gasteiger partial charge in [0.05, 0.1) is 17.6 Å². The van der Waals surface area contributed by atoms with Crippen molar-refractivity contribution in [3.63, 3.8) is 0 Å². The number of sulfonamides is 1. The number of anilines is 1. The molecule has 1 aliphatic heterocycles. The zero-order chi connectivity index (χ0) is 14.6. The molecule has 7 heteroatoms. The van der Waals surface area contributed by atoms with Crippen molar-refractivity contribution >= 4 is 15.7 Å². The Morgan fingerprint density at radius 3 is 2.70 bits per heavy atom. The number of benzene rings is 1. The number of ether oxygens (including phenoxy) is 1. The Morgan fingerprint density at radius 1 is 1.40 bits per heavy atom. The molecule has 1 atom stereocenters. The van der Waals surface area contributed by atoms with E-state index in [1.165, 1.54) is 0 Å². The molecule has 3 N–H and O–H groups in total. The van der Waals surface area contributed by atoms with Gasteiger partial charge in [0.1, 0.15) is 0 Å². The van der Waals surface area contributed by atoms with Gasteiger partial charge in [-0.15, -0.1) is 0 Å². The second kappa shape index (κ2) is 6.53. The van der Waals surface area contributed by atoms with Crippen LogP contribution in [0.5, 0.6) is 0 Å². The minimum Gasteiger partial charge on any atom is -0.373 e. The van der Waals surface area contributed by atoms with Crippen LogP contribution in [0.2, 0.25) is 0 Å². The average molecular weight is 299 g/mol. The summed E-state index contributed by atoms with van der Waals surface area (Å²) in [6, 6.07) is 6.90. The smallest absolute Gasteiger partial charge is 0.240 e. The number of hydrogen-bond acceptors (Lipinski definition) is 5. The van der Waals surface area contributed by atoms with Crippen molar-refractivity contribution in [2.45, 2.75) is 17.9 Å². The van der Waals surface area contributed by atoms with Gasteiger partial charge in [-0.1, -0.05) is 6.92 Å². The van der Waals surface area contributed by atoms with Crippen molar-refractivity contribution in [3.8, 4) is 0 Å². The van der Waals surface area contributed by atoms with Crippen LogP contribution in [0, 0.1) is 0 Å². The van der Waals surface area contributed by atoms with Crippen LogP contribution in [0.4, 0.5) is 5.69 Å². The summed E-state index contributed by atoms with van der Waals surface area (Å²) >= 11 is 0. The molecule has 0 bridgehead atoms. The first-order valence-electron chi connectivity index (χ1n) is 6.73. The van der Waals surface area contributed by atoms with Crippen molar-refractivity contribution in [2.24, 2.45) is 5.73 Å². The Balaban J connectivity index is 2.12. The lowest BCUT2D eigenvalue weighted by molar-refractivity contribution is 0.0466. The van der Waals surface area contributed by atoms with E-state index >= 15 is 0 Å². The molecule has 0 saturated carbocycles. The average Bonchev–Trinajstić information content (AvgIpc) is 2.47. The largest absolute Gasteiger partial charge is 0.373 e. The molecule has 0 radical (unpaired) electrons. The van der Waals surface area contributed by atoms with Crippen molar-refractivity contribution < 1.29 is 13.2 Å². The van der Waals surface area contributed by atoms with Gasteiger partial charge in [0.2, 0.25) is 10.0 Å². The second-order valence-electron chi connectivity index (χ2n) is 4.67. The van der Waals surface area contributed by atoms with Crippen molar-refractivity contribution in [2.75, 3.05) is 37.7 Å². The van der Waals surface area contributed by atoms with Gasteiger partial charge in [-0.25, -0.2) is 13.1 Å². The number of nitrogens with zero attached hydrogens (tertiary/aromatic N) is 1. The number of nitrogens with two attached hydrogens (primary N) is 1. The summed E-state index contributed by atoms with van der Waals surface area (Å²) < 4.78 is 31.7. The van der Waals surface area contributed by atoms with Crippen LogP contribution >= 0.6 is 0 Å². The Kier molecular flexibility index (Phi) is 4.98. The van der Waals surface area contributed by atoms with Gasteiger partial charge in [-0.3, -0.25) is 0 Å². The highest BCUT2D eigenvalue weighted by molar-refractivity contribution is 7.89. The number of nitrogens with one attached hydrogen (secondary N) is 1. The molecule has 0 aliphatic carbocycles. The van der Waals surface area contributed by atoms with E-state index in [9.17, 15) is 8.42 Å². The molecule has 1 aromatic rings. The summed E-state index contributed by atoms with van der Waals surface area (Å²) in [6.45, 7) is 4.78. The zero-order valence-corrected chi connectivity index (χ0v) is 12.4. The topological polar surface area (TPSA) is 84.7 Å². The molecule has 6 nitrogen and oxygen atoms in total. The van der Waals surface area contributed by atoms with Crippen LogP contribution < -0.4 is 15.4 Å². The number of hydrogen-bond donors (Lipinski definition) is 2. The normalized spacial score (nSPS) is 20.1. The fourth-order valence-electron chi connectivity index (χ4n) is 2.21. The molecule has 0 aromatic heterocycles. The van der Waals surface area contributed by atoms with Crippen molar-refractivity contribution in [1.82, 2.24) is 4.72 Å². The van der Waals surface area contributed by atoms with Gasteiger partial charge in [-0.05, 0) is 24.3 Å². The van der Waals surface area contributed by atoms with Crippen LogP contribution in [-0.4, -0.2) is 47.3 Å². The van der Waals surface area contributed by atoms with E-state index in [1.807, 2.05) is 12.1 Å². The molecule has 0 amide bonds. The predicted molar refractivity (Wildman–Crippen MR) is 78.3 cm³/mol. The first kappa shape index (κ1) is 15.2. The van der Waals surface area contributed by atoms with E-state index in [4.69, 9.17) is 10.5 Å². The van der Waals surface area contributed by atoms with Gasteiger partial charge < -0.3 is 15.4 Å². The Labute approximate surface area is 120 Å². The third kappa shape index (κ3) is 3.49. The molecular formula is C13H21N3O3S. The minimum atomic E-state index is -3.39. The monoisotopic (exact) mass is 299 g/mol. The van der Waals surface area contributed by atoms with Gasteiger partial charge >= 0.3 is 0 Å². The molecule has 1 fully saturated rings. The van der Waals surface area contributed by atoms with Gasteiger partial charge in [-0.2, -0.15) is 0 Å². The lowest BCUT2D eigenvalue weighted by Gasteiger charge is -2.34. The summed E-state index contributed by atoms with van der Waals surface area (Å²) in [6.07, 6.45) is 0.0360. The number of rotatable bonds is 5. The van der Waals surface area contributed by atoms with E-state index in [-0.39, 0.29) is 11.0 Å². The highest BCUT2D eigenvalue weighted by Crippen LogP contribution is 2.20. The summed E-state index contributed by atoms with van der Waals surface area (Å²) in [7, 11) is -3.39. The van der Waals surface area contributed by atoms with Crippen LogP contribution in [0.3, 0.4) is 0 Å². The van der Waals surface area contributed by atoms with E-state index < -0.39 is 10.0 Å². The highest BCUT2D eigenvalue weighted by Gasteiger charge is 2.20. The summed E-state index contributed by atoms with van der Waals surface area (Å²) in [5.41, 5.74) is 6.61. The van der Waals surface area contributed by atoms with Gasteiger partial charge in [0, 0.05) is 31.9 Å². The molecule has 1 aliphatic rings. The molecule has 112 valence electrons. The molecule has 2 rings (SSSR count). The summed E-state index contributed by atoms with van der Waals surface area (Å²) in [5.74, 6) is 0. The maximum absolute atomic E-state index is 11.9. The maximum Gasteiger partial charge on any atom is 0.240 e. The quantitative estimate of drug-likeness (QED) is 0.808. The molecule has 1 aromatic carbocycles. The first-order valence-corrected chi connectivity index (χ1v) is 8.21. The van der Waals surface area contributed by atoms with Crippen molar-refractivity contribution in [1.29, 1.82) is 0 Å². The minimum absolute atomic E-state index is 0.0360. The highest BCUT2D eigenvalue weighted by atomic mass is 32.2. The van der Waals surface area contributed by atoms with Crippen LogP contribution in [0.1, 0.15) is 6.92 Å². The molecule has 1 heterocycles. The molecule has 1 saturated heterocycles. The lowest BCUT2D eigenvalue weighted by Crippen LogP contribution is -2.45. The van der Waals surface area contributed by atoms with E-state index in [0.29, 0.717) is 19.7 Å². The SMILES string of the molecule is CCNS(=O)(=O)c1ccc(N2CCOC(CN)C2)cc1. The second-order valence-corrected chi connectivity index (χ2v) is 6.44. The summed E-state index contributed by atoms with van der Waals surface area (Å²) in [4.78, 5) is 2.44. The Bertz CT molecular complexity index is 530. The molecule has 0 spiro atoms. The van der Waals surface area contributed by atoms with Gasteiger partial charge in [0.15, 0.2) is 0 Å². The fraction of sp³-hybridized carbons (Fsp3) is 0.538. The van der Waals surface area contributed by atoms with E-state index in [0.717, 1.165) is 18.8 Å². The third-order valence-corrected chi connectivity index (χ3v) is 4.81. The van der Waals surface area contributed by atoms with Gasteiger partial charge in [0.25, 0.3) is 0 Å². The zero-order valence-electron chi connectivity index (χ0n) is 11.6. The van der Waals surface area contributed by atoms with Crippen molar-refractivity contribution in [3.05, 3.63) is 24.3 Å². The first-order chi connectivity index (χ1) is 9.56. The third-order valence-electron chi connectivity index (χ3n) is 3.25. The predicted octanol–water partition coefficient (Wildman–Crippen LogP) is 0.149. The van der Waals surface area contributed by atoms with Crippen LogP contribution in [0.15, 0.2) is 29.2 Å². The molecule has 1 unspecified atom stereocenters. The maximum atomic E-state index is 11.9. The standard InChI is InChI=1S/C13H21N3O3S/c1-2-15-20(17,18)13-5-3-11(4-6-13)16-7-8-19-12(9-14)10-16/h3-6,12,15H,2,7-10,14H2,1H3. The van der Waals surface area contributed by atoms with Crippen LogP contribution in [0.25, 0.3) is 0 Å². The molecular weight excluding hydrogens is 278 g/mol. The lowest BCUT2D eigenvalue weighted by atomic mass is 10.2. The Morgan fingerprint density at radius 2 is 2.10 bits per heavy atom.